The lowest BCUT2D eigenvalue weighted by Crippen LogP contribution is -2.45. The number of Topliss-reactive ketones (excluding diaryl/α,β-unsaturated/α-hetero) is 1. The number of aliphatic hydroxyl groups excluding tert-OH is 1. The average Bonchev–Trinajstić information content (AvgIpc) is 3.20. The molecule has 3 aromatic rings. The van der Waals surface area contributed by atoms with E-state index < -0.39 is 55.2 Å². The Morgan fingerprint density at radius 3 is 2.26 bits per heavy atom. The number of anilines is 1. The van der Waals surface area contributed by atoms with E-state index in [1.54, 1.807) is 30.3 Å². The topological polar surface area (TPSA) is 111 Å². The zero-order chi connectivity index (χ0) is 28.1. The summed E-state index contributed by atoms with van der Waals surface area (Å²) in [7, 11) is 1.34. The van der Waals surface area contributed by atoms with Crippen molar-refractivity contribution in [3.8, 4) is 11.8 Å². The molecule has 0 aliphatic carbocycles. The van der Waals surface area contributed by atoms with Gasteiger partial charge in [-0.05, 0) is 54.1 Å². The molecule has 0 aromatic heterocycles. The minimum Gasteiger partial charge on any atom is -0.494 e. The van der Waals surface area contributed by atoms with Crippen LogP contribution in [0.4, 0.5) is 14.5 Å². The molecule has 39 heavy (non-hydrogen) atoms. The molecule has 0 bridgehead atoms. The molecular formula is C29H25F2N3O5. The number of ketones is 1. The van der Waals surface area contributed by atoms with E-state index in [0.717, 1.165) is 4.90 Å². The predicted molar refractivity (Wildman–Crippen MR) is 137 cm³/mol. The minimum atomic E-state index is -2.06. The van der Waals surface area contributed by atoms with Crippen LogP contribution in [-0.2, 0) is 11.3 Å². The molecule has 0 saturated carbocycles. The number of amides is 2. The molecule has 1 N–H and O–H groups in total. The average molecular weight is 534 g/mol. The lowest BCUT2D eigenvalue weighted by Gasteiger charge is -2.28. The molecule has 200 valence electrons. The summed E-state index contributed by atoms with van der Waals surface area (Å²) in [6.45, 7) is -1.12. The molecular weight excluding hydrogens is 508 g/mol. The molecule has 1 unspecified atom stereocenters. The Morgan fingerprint density at radius 1 is 1.08 bits per heavy atom. The number of hydrogen-bond donors (Lipinski definition) is 1. The van der Waals surface area contributed by atoms with Crippen molar-refractivity contribution in [2.75, 3.05) is 25.2 Å². The number of ether oxygens (including phenoxy) is 1. The third kappa shape index (κ3) is 5.78. The smallest absolute Gasteiger partial charge is 0.261 e. The number of methoxy groups -OCH3 is 1. The van der Waals surface area contributed by atoms with Gasteiger partial charge in [0, 0.05) is 18.7 Å². The van der Waals surface area contributed by atoms with Gasteiger partial charge < -0.3 is 14.7 Å². The fourth-order valence-corrected chi connectivity index (χ4v) is 4.47. The summed E-state index contributed by atoms with van der Waals surface area (Å²) in [6, 6.07) is 17.4. The van der Waals surface area contributed by atoms with Gasteiger partial charge in [0.05, 0.1) is 49.1 Å². The van der Waals surface area contributed by atoms with Gasteiger partial charge in [0.15, 0.2) is 23.5 Å². The fraction of sp³-hybridized carbons (Fsp3) is 0.241. The molecule has 3 aromatic carbocycles. The van der Waals surface area contributed by atoms with Crippen LogP contribution in [0.1, 0.15) is 38.3 Å². The standard InChI is InChI=1S/C29H25F2N3O5/c1-39-27-11-8-19(12-24(27)30)15-33(20-9-6-18(14-32)7-10-20)16-25(31)26(36)13-21(17-35)34-28(37)22-4-2-3-5-23(22)29(34)38/h2-12,21,25,35H,13,15-17H2,1H3/t21?,25-/m0/s1. The summed E-state index contributed by atoms with van der Waals surface area (Å²) in [4.78, 5) is 40.8. The summed E-state index contributed by atoms with van der Waals surface area (Å²) in [5, 5.41) is 19.0. The summed E-state index contributed by atoms with van der Waals surface area (Å²) < 4.78 is 34.6. The first kappa shape index (κ1) is 27.4. The Balaban J connectivity index is 1.52. The number of alkyl halides is 1. The van der Waals surface area contributed by atoms with Gasteiger partial charge in [0.1, 0.15) is 0 Å². The number of aliphatic hydroxyl groups is 1. The molecule has 10 heteroatoms. The van der Waals surface area contributed by atoms with Crippen molar-refractivity contribution in [3.05, 3.63) is 94.8 Å². The number of benzene rings is 3. The van der Waals surface area contributed by atoms with Crippen LogP contribution in [0.5, 0.6) is 5.75 Å². The minimum absolute atomic E-state index is 0.0301. The van der Waals surface area contributed by atoms with E-state index in [9.17, 15) is 23.9 Å². The van der Waals surface area contributed by atoms with Crippen molar-refractivity contribution in [1.82, 2.24) is 4.90 Å². The third-order valence-corrected chi connectivity index (χ3v) is 6.52. The van der Waals surface area contributed by atoms with Crippen molar-refractivity contribution in [1.29, 1.82) is 5.26 Å². The first-order valence-corrected chi connectivity index (χ1v) is 12.1. The predicted octanol–water partition coefficient (Wildman–Crippen LogP) is 3.67. The van der Waals surface area contributed by atoms with Crippen LogP contribution in [0.2, 0.25) is 0 Å². The quantitative estimate of drug-likeness (QED) is 0.375. The molecule has 0 radical (unpaired) electrons. The number of nitriles is 1. The molecule has 8 nitrogen and oxygen atoms in total. The highest BCUT2D eigenvalue weighted by Gasteiger charge is 2.41. The van der Waals surface area contributed by atoms with Gasteiger partial charge in [-0.3, -0.25) is 19.3 Å². The highest BCUT2D eigenvalue weighted by Crippen LogP contribution is 2.27. The number of carbonyl (C=O) groups excluding carboxylic acids is 3. The van der Waals surface area contributed by atoms with Crippen molar-refractivity contribution in [3.63, 3.8) is 0 Å². The number of fused-ring (bicyclic) bond motifs is 1. The summed E-state index contributed by atoms with van der Waals surface area (Å²) in [5.74, 6) is -2.78. The second kappa shape index (κ2) is 11.8. The van der Waals surface area contributed by atoms with Crippen LogP contribution in [0.15, 0.2) is 66.7 Å². The Hall–Kier alpha value is -4.62. The van der Waals surface area contributed by atoms with E-state index in [0.29, 0.717) is 16.8 Å². The molecule has 2 atom stereocenters. The van der Waals surface area contributed by atoms with E-state index in [4.69, 9.17) is 10.00 Å². The Labute approximate surface area is 223 Å². The summed E-state index contributed by atoms with van der Waals surface area (Å²) >= 11 is 0. The van der Waals surface area contributed by atoms with Crippen LogP contribution >= 0.6 is 0 Å². The monoisotopic (exact) mass is 533 g/mol. The second-order valence-corrected chi connectivity index (χ2v) is 9.01. The third-order valence-electron chi connectivity index (χ3n) is 6.52. The number of rotatable bonds is 11. The number of imide groups is 1. The van der Waals surface area contributed by atoms with E-state index in [1.165, 1.54) is 48.4 Å². The first-order chi connectivity index (χ1) is 18.8. The lowest BCUT2D eigenvalue weighted by molar-refractivity contribution is -0.124. The van der Waals surface area contributed by atoms with Gasteiger partial charge in [-0.25, -0.2) is 8.78 Å². The molecule has 1 aliphatic rings. The summed E-state index contributed by atoms with van der Waals surface area (Å²) in [6.07, 6.45) is -2.64. The van der Waals surface area contributed by atoms with Crippen molar-refractivity contribution < 1.29 is 33.0 Å². The van der Waals surface area contributed by atoms with Gasteiger partial charge in [-0.15, -0.1) is 0 Å². The highest BCUT2D eigenvalue weighted by atomic mass is 19.1. The highest BCUT2D eigenvalue weighted by molar-refractivity contribution is 6.21. The zero-order valence-corrected chi connectivity index (χ0v) is 21.0. The largest absolute Gasteiger partial charge is 0.494 e. The fourth-order valence-electron chi connectivity index (χ4n) is 4.47. The number of nitrogens with zero attached hydrogens (tertiary/aromatic N) is 3. The number of hydrogen-bond acceptors (Lipinski definition) is 7. The van der Waals surface area contributed by atoms with Crippen LogP contribution in [-0.4, -0.2) is 60.1 Å². The van der Waals surface area contributed by atoms with Gasteiger partial charge in [-0.1, -0.05) is 18.2 Å². The van der Waals surface area contributed by atoms with E-state index in [1.807, 2.05) is 6.07 Å². The van der Waals surface area contributed by atoms with Crippen LogP contribution < -0.4 is 9.64 Å². The van der Waals surface area contributed by atoms with E-state index in [2.05, 4.69) is 0 Å². The molecule has 0 spiro atoms. The van der Waals surface area contributed by atoms with Gasteiger partial charge in [-0.2, -0.15) is 5.26 Å². The van der Waals surface area contributed by atoms with Crippen LogP contribution in [0, 0.1) is 17.1 Å². The van der Waals surface area contributed by atoms with Crippen molar-refractivity contribution in [2.45, 2.75) is 25.2 Å². The SMILES string of the molecule is COc1ccc(CN(C[C@H](F)C(=O)CC(CO)N2C(=O)c3ccccc3C2=O)c2ccc(C#N)cc2)cc1F. The Morgan fingerprint density at radius 2 is 1.72 bits per heavy atom. The van der Waals surface area contributed by atoms with Crippen molar-refractivity contribution in [2.24, 2.45) is 0 Å². The zero-order valence-electron chi connectivity index (χ0n) is 21.0. The van der Waals surface area contributed by atoms with Gasteiger partial charge in [0.25, 0.3) is 11.8 Å². The Kier molecular flexibility index (Phi) is 8.32. The first-order valence-electron chi connectivity index (χ1n) is 12.1. The molecule has 1 aliphatic heterocycles. The lowest BCUT2D eigenvalue weighted by atomic mass is 10.0. The molecule has 0 fully saturated rings. The van der Waals surface area contributed by atoms with Crippen LogP contribution in [0.3, 0.4) is 0 Å². The maximum atomic E-state index is 15.4. The second-order valence-electron chi connectivity index (χ2n) is 9.01. The Bertz CT molecular complexity index is 1400. The normalized spacial score (nSPS) is 14.0. The van der Waals surface area contributed by atoms with E-state index in [-0.39, 0.29) is 23.4 Å². The summed E-state index contributed by atoms with van der Waals surface area (Å²) in [5.41, 5.74) is 1.66. The maximum absolute atomic E-state index is 15.4. The maximum Gasteiger partial charge on any atom is 0.261 e. The van der Waals surface area contributed by atoms with Crippen molar-refractivity contribution >= 4 is 23.3 Å². The van der Waals surface area contributed by atoms with Crippen LogP contribution in [0.25, 0.3) is 0 Å². The van der Waals surface area contributed by atoms with Gasteiger partial charge in [0.2, 0.25) is 0 Å². The number of halogens is 2. The molecule has 1 heterocycles. The van der Waals surface area contributed by atoms with E-state index >= 15 is 4.39 Å². The molecule has 4 rings (SSSR count). The van der Waals surface area contributed by atoms with Gasteiger partial charge >= 0.3 is 0 Å². The number of carbonyl (C=O) groups is 3. The molecule has 0 saturated heterocycles. The molecule has 2 amide bonds.